The summed E-state index contributed by atoms with van der Waals surface area (Å²) >= 11 is 0. The van der Waals surface area contributed by atoms with Gasteiger partial charge in [0, 0.05) is 5.39 Å². The lowest BCUT2D eigenvalue weighted by molar-refractivity contribution is -0.134. The Bertz CT molecular complexity index is 1450. The van der Waals surface area contributed by atoms with Crippen molar-refractivity contribution in [1.82, 2.24) is 20.0 Å². The van der Waals surface area contributed by atoms with Crippen LogP contribution in [0.2, 0.25) is 0 Å². The maximum Gasteiger partial charge on any atom is 0.325 e. The third-order valence-corrected chi connectivity index (χ3v) is 6.33. The van der Waals surface area contributed by atoms with E-state index in [2.05, 4.69) is 15.7 Å². The van der Waals surface area contributed by atoms with E-state index in [0.717, 1.165) is 27.2 Å². The van der Waals surface area contributed by atoms with E-state index in [9.17, 15) is 14.4 Å². The van der Waals surface area contributed by atoms with Gasteiger partial charge in [-0.05, 0) is 52.0 Å². The molecular weight excluding hydrogens is 446 g/mol. The molecule has 3 heterocycles. The van der Waals surface area contributed by atoms with Crippen molar-refractivity contribution in [1.29, 1.82) is 0 Å². The summed E-state index contributed by atoms with van der Waals surface area (Å²) in [5, 5.41) is 10.8. The summed E-state index contributed by atoms with van der Waals surface area (Å²) in [4.78, 5) is 39.7. The molecule has 4 aromatic rings. The Morgan fingerprint density at radius 2 is 1.80 bits per heavy atom. The predicted octanol–water partition coefficient (Wildman–Crippen LogP) is 3.95. The molecule has 1 saturated heterocycles. The van der Waals surface area contributed by atoms with Gasteiger partial charge in [0.1, 0.15) is 17.9 Å². The van der Waals surface area contributed by atoms with Crippen LogP contribution in [-0.2, 0) is 15.1 Å². The number of carbonyl (C=O) groups is 3. The minimum Gasteiger partial charge on any atom is -0.458 e. The topological polar surface area (TPSA) is 109 Å². The maximum absolute atomic E-state index is 13.2. The second-order valence-corrected chi connectivity index (χ2v) is 8.94. The molecule has 0 saturated carbocycles. The molecule has 1 aliphatic heterocycles. The molecule has 178 valence electrons. The molecule has 2 N–H and O–H groups in total. The highest BCUT2D eigenvalue weighted by Crippen LogP contribution is 2.33. The summed E-state index contributed by atoms with van der Waals surface area (Å²) in [6.07, 6.45) is 0. The zero-order chi connectivity index (χ0) is 24.9. The molecule has 4 amide bonds. The molecule has 1 fully saturated rings. The van der Waals surface area contributed by atoms with Crippen molar-refractivity contribution >= 4 is 34.5 Å². The summed E-state index contributed by atoms with van der Waals surface area (Å²) in [5.74, 6) is -0.747. The minimum atomic E-state index is -1.40. The Morgan fingerprint density at radius 3 is 2.51 bits per heavy atom. The number of hydrogen-bond donors (Lipinski definition) is 2. The van der Waals surface area contributed by atoms with Crippen LogP contribution in [0.25, 0.3) is 16.7 Å². The number of aryl methyl sites for hydroxylation is 2. The van der Waals surface area contributed by atoms with Gasteiger partial charge in [-0.25, -0.2) is 9.48 Å². The number of carbonyl (C=O) groups excluding carboxylic acids is 3. The molecule has 1 atom stereocenters. The van der Waals surface area contributed by atoms with Crippen molar-refractivity contribution in [2.24, 2.45) is 0 Å². The SMILES string of the molecule is Cc1ccc(-n2nc(C)c(NC(=O)CN3C(=O)NC(C)(c4cc5ccccc5o4)C3=O)c2C)cc1. The van der Waals surface area contributed by atoms with Crippen LogP contribution in [0, 0.1) is 20.8 Å². The zero-order valence-corrected chi connectivity index (χ0v) is 19.9. The average Bonchev–Trinajstić information content (AvgIpc) is 3.45. The number of urea groups is 1. The molecule has 5 rings (SSSR count). The smallest absolute Gasteiger partial charge is 0.325 e. The number of benzene rings is 2. The van der Waals surface area contributed by atoms with E-state index in [1.807, 2.05) is 56.3 Å². The van der Waals surface area contributed by atoms with E-state index in [1.165, 1.54) is 0 Å². The average molecular weight is 472 g/mol. The standard InChI is InChI=1S/C26H25N5O4/c1-15-9-11-19(12-10-15)31-17(3)23(16(2)29-31)27-22(32)14-30-24(33)26(4,28-25(30)34)21-13-18-7-5-6-8-20(18)35-21/h5-13H,14H2,1-4H3,(H,27,32)(H,28,34). The number of amides is 4. The van der Waals surface area contributed by atoms with Crippen LogP contribution in [0.5, 0.6) is 0 Å². The Kier molecular flexibility index (Phi) is 5.20. The lowest BCUT2D eigenvalue weighted by atomic mass is 9.99. The van der Waals surface area contributed by atoms with Crippen molar-refractivity contribution in [3.63, 3.8) is 0 Å². The fourth-order valence-corrected chi connectivity index (χ4v) is 4.32. The number of para-hydroxylation sites is 1. The van der Waals surface area contributed by atoms with E-state index >= 15 is 0 Å². The van der Waals surface area contributed by atoms with Crippen LogP contribution in [0.15, 0.2) is 59.0 Å². The molecule has 9 nitrogen and oxygen atoms in total. The number of furan rings is 1. The Labute approximate surface area is 201 Å². The normalized spacial score (nSPS) is 17.8. The van der Waals surface area contributed by atoms with E-state index in [4.69, 9.17) is 4.42 Å². The summed E-state index contributed by atoms with van der Waals surface area (Å²) in [7, 11) is 0. The van der Waals surface area contributed by atoms with Crippen LogP contribution in [0.1, 0.15) is 29.6 Å². The highest BCUT2D eigenvalue weighted by Gasteiger charge is 2.51. The first-order valence-electron chi connectivity index (χ1n) is 11.2. The second kappa shape index (κ2) is 8.12. The number of hydrogen-bond acceptors (Lipinski definition) is 5. The van der Waals surface area contributed by atoms with Gasteiger partial charge in [0.05, 0.1) is 22.8 Å². The highest BCUT2D eigenvalue weighted by atomic mass is 16.3. The predicted molar refractivity (Wildman–Crippen MR) is 130 cm³/mol. The highest BCUT2D eigenvalue weighted by molar-refractivity contribution is 6.10. The van der Waals surface area contributed by atoms with Crippen LogP contribution in [0.4, 0.5) is 10.5 Å². The molecule has 0 aliphatic carbocycles. The Morgan fingerprint density at radius 1 is 1.09 bits per heavy atom. The zero-order valence-electron chi connectivity index (χ0n) is 19.9. The third-order valence-electron chi connectivity index (χ3n) is 6.33. The van der Waals surface area contributed by atoms with Gasteiger partial charge in [0.2, 0.25) is 5.91 Å². The second-order valence-electron chi connectivity index (χ2n) is 8.94. The van der Waals surface area contributed by atoms with Gasteiger partial charge in [0.15, 0.2) is 5.54 Å². The number of nitrogens with one attached hydrogen (secondary N) is 2. The van der Waals surface area contributed by atoms with E-state index in [0.29, 0.717) is 22.7 Å². The lowest BCUT2D eigenvalue weighted by Gasteiger charge is -2.19. The summed E-state index contributed by atoms with van der Waals surface area (Å²) in [6.45, 7) is 6.78. The fourth-order valence-electron chi connectivity index (χ4n) is 4.32. The van der Waals surface area contributed by atoms with Crippen molar-refractivity contribution < 1.29 is 18.8 Å². The monoisotopic (exact) mass is 471 g/mol. The van der Waals surface area contributed by atoms with Crippen LogP contribution in [0.3, 0.4) is 0 Å². The van der Waals surface area contributed by atoms with Crippen molar-refractivity contribution in [3.8, 4) is 5.69 Å². The van der Waals surface area contributed by atoms with E-state index in [-0.39, 0.29) is 0 Å². The van der Waals surface area contributed by atoms with E-state index in [1.54, 1.807) is 30.7 Å². The minimum absolute atomic E-state index is 0.311. The van der Waals surface area contributed by atoms with Crippen LogP contribution >= 0.6 is 0 Å². The number of nitrogens with zero attached hydrogens (tertiary/aromatic N) is 3. The van der Waals surface area contributed by atoms with Crippen molar-refractivity contribution in [2.75, 3.05) is 11.9 Å². The van der Waals surface area contributed by atoms with Gasteiger partial charge in [-0.2, -0.15) is 5.10 Å². The van der Waals surface area contributed by atoms with Gasteiger partial charge < -0.3 is 15.1 Å². The molecule has 35 heavy (non-hydrogen) atoms. The van der Waals surface area contributed by atoms with Gasteiger partial charge in [0.25, 0.3) is 5.91 Å². The molecular formula is C26H25N5O4. The molecule has 0 bridgehead atoms. The fraction of sp³-hybridized carbons (Fsp3) is 0.231. The quantitative estimate of drug-likeness (QED) is 0.429. The first kappa shape index (κ1) is 22.4. The molecule has 1 unspecified atom stereocenters. The summed E-state index contributed by atoms with van der Waals surface area (Å²) in [5.41, 5.74) is 3.11. The van der Waals surface area contributed by atoms with Crippen LogP contribution < -0.4 is 10.6 Å². The summed E-state index contributed by atoms with van der Waals surface area (Å²) in [6, 6.07) is 16.3. The van der Waals surface area contributed by atoms with Gasteiger partial charge >= 0.3 is 6.03 Å². The number of fused-ring (bicyclic) bond motifs is 1. The van der Waals surface area contributed by atoms with Gasteiger partial charge in [-0.15, -0.1) is 0 Å². The van der Waals surface area contributed by atoms with Crippen molar-refractivity contribution in [2.45, 2.75) is 33.2 Å². The number of anilines is 1. The molecule has 2 aromatic heterocycles. The Balaban J connectivity index is 1.34. The van der Waals surface area contributed by atoms with Crippen molar-refractivity contribution in [3.05, 3.63) is 77.3 Å². The molecule has 0 radical (unpaired) electrons. The first-order chi connectivity index (χ1) is 16.7. The van der Waals surface area contributed by atoms with Gasteiger partial charge in [-0.3, -0.25) is 14.5 Å². The molecule has 1 aliphatic rings. The molecule has 9 heteroatoms. The van der Waals surface area contributed by atoms with Gasteiger partial charge in [-0.1, -0.05) is 35.9 Å². The number of rotatable bonds is 5. The van der Waals surface area contributed by atoms with Crippen LogP contribution in [-0.4, -0.2) is 39.1 Å². The number of aromatic nitrogens is 2. The summed E-state index contributed by atoms with van der Waals surface area (Å²) < 4.78 is 7.58. The third kappa shape index (κ3) is 3.74. The largest absolute Gasteiger partial charge is 0.458 e. The molecule has 2 aromatic carbocycles. The Hall–Kier alpha value is -4.40. The van der Waals surface area contributed by atoms with E-state index < -0.39 is 29.9 Å². The number of imide groups is 1. The maximum atomic E-state index is 13.2. The lowest BCUT2D eigenvalue weighted by Crippen LogP contribution is -2.42. The molecule has 0 spiro atoms. The first-order valence-corrected chi connectivity index (χ1v) is 11.2.